The zero-order chi connectivity index (χ0) is 13.3. The Hall–Kier alpha value is -1.36. The number of aryl methyl sites for hydroxylation is 1. The van der Waals surface area contributed by atoms with Gasteiger partial charge in [0, 0.05) is 12.1 Å². The quantitative estimate of drug-likeness (QED) is 0.938. The summed E-state index contributed by atoms with van der Waals surface area (Å²) in [5, 5.41) is 0. The number of nitrogens with two attached hydrogens (primary N) is 1. The molecule has 0 aliphatic heterocycles. The van der Waals surface area contributed by atoms with Gasteiger partial charge in [-0.25, -0.2) is 9.37 Å². The lowest BCUT2D eigenvalue weighted by Crippen LogP contribution is -2.04. The highest BCUT2D eigenvalue weighted by Gasteiger charge is 2.14. The van der Waals surface area contributed by atoms with Crippen LogP contribution < -0.4 is 5.73 Å². The SMILES string of the molecule is CCCn1c(C)nc(-c2ccc(Br)c(F)c2)c1N. The molecule has 0 bridgehead atoms. The van der Waals surface area contributed by atoms with Gasteiger partial charge in [-0.3, -0.25) is 0 Å². The lowest BCUT2D eigenvalue weighted by atomic mass is 10.1. The summed E-state index contributed by atoms with van der Waals surface area (Å²) < 4.78 is 15.9. The van der Waals surface area contributed by atoms with Gasteiger partial charge >= 0.3 is 0 Å². The molecule has 0 spiro atoms. The first-order valence-electron chi connectivity index (χ1n) is 5.82. The minimum Gasteiger partial charge on any atom is -0.383 e. The Labute approximate surface area is 114 Å². The molecule has 1 aromatic carbocycles. The highest BCUT2D eigenvalue weighted by atomic mass is 79.9. The fourth-order valence-corrected chi connectivity index (χ4v) is 2.19. The van der Waals surface area contributed by atoms with Gasteiger partial charge in [-0.15, -0.1) is 0 Å². The topological polar surface area (TPSA) is 43.8 Å². The zero-order valence-electron chi connectivity index (χ0n) is 10.4. The molecule has 2 aromatic rings. The number of hydrogen-bond donors (Lipinski definition) is 1. The van der Waals surface area contributed by atoms with Crippen molar-refractivity contribution in [3.63, 3.8) is 0 Å². The summed E-state index contributed by atoms with van der Waals surface area (Å²) in [5.74, 6) is 1.14. The molecule has 0 aliphatic rings. The first-order valence-corrected chi connectivity index (χ1v) is 6.62. The number of benzene rings is 1. The molecule has 5 heteroatoms. The van der Waals surface area contributed by atoms with Gasteiger partial charge in [0.05, 0.1) is 4.47 Å². The average Bonchev–Trinajstić information content (AvgIpc) is 2.61. The molecule has 1 aromatic heterocycles. The van der Waals surface area contributed by atoms with Crippen LogP contribution in [0.5, 0.6) is 0 Å². The number of anilines is 1. The van der Waals surface area contributed by atoms with Gasteiger partial charge in [-0.05, 0) is 41.4 Å². The first-order chi connectivity index (χ1) is 8.54. The van der Waals surface area contributed by atoms with Crippen LogP contribution in [0.4, 0.5) is 10.2 Å². The summed E-state index contributed by atoms with van der Waals surface area (Å²) >= 11 is 3.13. The Morgan fingerprint density at radius 1 is 1.44 bits per heavy atom. The van der Waals surface area contributed by atoms with Crippen molar-refractivity contribution in [3.8, 4) is 11.3 Å². The summed E-state index contributed by atoms with van der Waals surface area (Å²) in [5.41, 5.74) is 7.42. The number of aromatic nitrogens is 2. The van der Waals surface area contributed by atoms with Crippen molar-refractivity contribution in [1.82, 2.24) is 9.55 Å². The Morgan fingerprint density at radius 3 is 2.78 bits per heavy atom. The van der Waals surface area contributed by atoms with E-state index in [9.17, 15) is 4.39 Å². The fraction of sp³-hybridized carbons (Fsp3) is 0.308. The molecular formula is C13H15BrFN3. The molecular weight excluding hydrogens is 297 g/mol. The van der Waals surface area contributed by atoms with Crippen LogP contribution in [-0.4, -0.2) is 9.55 Å². The summed E-state index contributed by atoms with van der Waals surface area (Å²) in [7, 11) is 0. The van der Waals surface area contributed by atoms with E-state index in [4.69, 9.17) is 5.73 Å². The molecule has 0 atom stereocenters. The smallest absolute Gasteiger partial charge is 0.138 e. The Kier molecular flexibility index (Phi) is 3.71. The minimum absolute atomic E-state index is 0.311. The largest absolute Gasteiger partial charge is 0.383 e. The highest BCUT2D eigenvalue weighted by Crippen LogP contribution is 2.29. The summed E-state index contributed by atoms with van der Waals surface area (Å²) in [6.07, 6.45) is 0.982. The van der Waals surface area contributed by atoms with Gasteiger partial charge in [-0.1, -0.05) is 13.0 Å². The van der Waals surface area contributed by atoms with Crippen LogP contribution in [0.1, 0.15) is 19.2 Å². The van der Waals surface area contributed by atoms with Crippen LogP contribution in [0, 0.1) is 12.7 Å². The maximum atomic E-state index is 13.5. The first kappa shape index (κ1) is 13.1. The van der Waals surface area contributed by atoms with Gasteiger partial charge in [-0.2, -0.15) is 0 Å². The van der Waals surface area contributed by atoms with E-state index in [1.165, 1.54) is 6.07 Å². The van der Waals surface area contributed by atoms with Crippen LogP contribution in [-0.2, 0) is 6.54 Å². The third-order valence-corrected chi connectivity index (χ3v) is 3.48. The Bertz CT molecular complexity index is 578. The van der Waals surface area contributed by atoms with Crippen LogP contribution in [0.15, 0.2) is 22.7 Å². The van der Waals surface area contributed by atoms with Crippen LogP contribution in [0.3, 0.4) is 0 Å². The molecule has 0 fully saturated rings. The van der Waals surface area contributed by atoms with Crippen molar-refractivity contribution in [2.45, 2.75) is 26.8 Å². The maximum absolute atomic E-state index is 13.5. The van der Waals surface area contributed by atoms with E-state index >= 15 is 0 Å². The Morgan fingerprint density at radius 2 is 2.17 bits per heavy atom. The predicted octanol–water partition coefficient (Wildman–Crippen LogP) is 3.75. The maximum Gasteiger partial charge on any atom is 0.138 e. The number of hydrogen-bond acceptors (Lipinski definition) is 2. The molecule has 0 amide bonds. The fourth-order valence-electron chi connectivity index (χ4n) is 1.94. The highest BCUT2D eigenvalue weighted by molar-refractivity contribution is 9.10. The van der Waals surface area contributed by atoms with E-state index < -0.39 is 0 Å². The van der Waals surface area contributed by atoms with Gasteiger partial charge in [0.1, 0.15) is 23.2 Å². The molecule has 2 rings (SSSR count). The van der Waals surface area contributed by atoms with E-state index in [-0.39, 0.29) is 5.82 Å². The van der Waals surface area contributed by atoms with Crippen LogP contribution in [0.2, 0.25) is 0 Å². The van der Waals surface area contributed by atoms with Gasteiger partial charge in [0.25, 0.3) is 0 Å². The average molecular weight is 312 g/mol. The van der Waals surface area contributed by atoms with Crippen LogP contribution >= 0.6 is 15.9 Å². The monoisotopic (exact) mass is 311 g/mol. The zero-order valence-corrected chi connectivity index (χ0v) is 12.0. The molecule has 0 saturated heterocycles. The number of imidazole rings is 1. The minimum atomic E-state index is -0.311. The summed E-state index contributed by atoms with van der Waals surface area (Å²) in [6, 6.07) is 4.92. The predicted molar refractivity (Wildman–Crippen MR) is 74.8 cm³/mol. The van der Waals surface area contributed by atoms with Crippen molar-refractivity contribution < 1.29 is 4.39 Å². The second-order valence-corrected chi connectivity index (χ2v) is 5.03. The molecule has 0 radical (unpaired) electrons. The third-order valence-electron chi connectivity index (χ3n) is 2.84. The van der Waals surface area contributed by atoms with Crippen molar-refractivity contribution >= 4 is 21.7 Å². The number of nitrogens with zero attached hydrogens (tertiary/aromatic N) is 2. The van der Waals surface area contributed by atoms with E-state index in [1.807, 2.05) is 17.6 Å². The molecule has 96 valence electrons. The standard InChI is InChI=1S/C13H15BrFN3/c1-3-6-18-8(2)17-12(13(18)16)9-4-5-10(14)11(15)7-9/h4-5,7H,3,6,16H2,1-2H3. The van der Waals surface area contributed by atoms with E-state index in [1.54, 1.807) is 6.07 Å². The lowest BCUT2D eigenvalue weighted by Gasteiger charge is -2.05. The van der Waals surface area contributed by atoms with Crippen molar-refractivity contribution in [3.05, 3.63) is 34.3 Å². The van der Waals surface area contributed by atoms with Crippen LogP contribution in [0.25, 0.3) is 11.3 Å². The Balaban J connectivity index is 2.50. The second kappa shape index (κ2) is 5.10. The van der Waals surface area contributed by atoms with Gasteiger partial charge in [0.15, 0.2) is 0 Å². The lowest BCUT2D eigenvalue weighted by molar-refractivity contribution is 0.621. The number of nitrogen functional groups attached to an aromatic ring is 1. The normalized spacial score (nSPS) is 10.9. The summed E-state index contributed by atoms with van der Waals surface area (Å²) in [6.45, 7) is 4.81. The molecule has 18 heavy (non-hydrogen) atoms. The van der Waals surface area contributed by atoms with Crippen molar-refractivity contribution in [1.29, 1.82) is 0 Å². The van der Waals surface area contributed by atoms with Crippen molar-refractivity contribution in [2.24, 2.45) is 0 Å². The van der Waals surface area contributed by atoms with Gasteiger partial charge < -0.3 is 10.3 Å². The third kappa shape index (κ3) is 2.27. The molecule has 0 saturated carbocycles. The van der Waals surface area contributed by atoms with E-state index in [2.05, 4.69) is 27.8 Å². The second-order valence-electron chi connectivity index (χ2n) is 4.17. The van der Waals surface area contributed by atoms with Crippen molar-refractivity contribution in [2.75, 3.05) is 5.73 Å². The number of halogens is 2. The number of rotatable bonds is 3. The van der Waals surface area contributed by atoms with E-state index in [0.29, 0.717) is 21.5 Å². The van der Waals surface area contributed by atoms with Gasteiger partial charge in [0.2, 0.25) is 0 Å². The molecule has 0 unspecified atom stereocenters. The molecule has 2 N–H and O–H groups in total. The van der Waals surface area contributed by atoms with E-state index in [0.717, 1.165) is 18.8 Å². The molecule has 0 aliphatic carbocycles. The molecule has 1 heterocycles. The molecule has 3 nitrogen and oxygen atoms in total. The summed E-state index contributed by atoms with van der Waals surface area (Å²) in [4.78, 5) is 4.43.